The summed E-state index contributed by atoms with van der Waals surface area (Å²) in [6.45, 7) is 2.93. The lowest BCUT2D eigenvalue weighted by atomic mass is 10.1. The van der Waals surface area contributed by atoms with E-state index in [9.17, 15) is 5.11 Å². The highest BCUT2D eigenvalue weighted by molar-refractivity contribution is 6.32. The van der Waals surface area contributed by atoms with Crippen molar-refractivity contribution in [3.05, 3.63) is 40.9 Å². The molecule has 4 heteroatoms. The SMILES string of the molecule is CCn1c2ccc(Cl)cc2c2c(OC)c(CO)ccc21. The van der Waals surface area contributed by atoms with E-state index in [4.69, 9.17) is 16.3 Å². The standard InChI is InChI=1S/C16H16ClNO2/c1-3-18-13-7-5-11(17)8-12(13)15-14(18)6-4-10(9-19)16(15)20-2/h4-8,19H,3,9H2,1-2H3. The molecule has 0 saturated carbocycles. The van der Waals surface area contributed by atoms with E-state index in [1.165, 1.54) is 0 Å². The van der Waals surface area contributed by atoms with Gasteiger partial charge in [0.25, 0.3) is 0 Å². The van der Waals surface area contributed by atoms with Crippen molar-refractivity contribution in [1.29, 1.82) is 0 Å². The number of benzene rings is 2. The molecule has 1 aromatic heterocycles. The number of hydrogen-bond donors (Lipinski definition) is 1. The number of ether oxygens (including phenoxy) is 1. The van der Waals surface area contributed by atoms with E-state index in [0.29, 0.717) is 5.02 Å². The van der Waals surface area contributed by atoms with Gasteiger partial charge in [0, 0.05) is 33.4 Å². The highest BCUT2D eigenvalue weighted by Crippen LogP contribution is 2.38. The molecule has 0 spiro atoms. The molecule has 0 radical (unpaired) electrons. The summed E-state index contributed by atoms with van der Waals surface area (Å²) in [5, 5.41) is 12.3. The number of aryl methyl sites for hydroxylation is 1. The van der Waals surface area contributed by atoms with Crippen LogP contribution in [0.1, 0.15) is 12.5 Å². The molecule has 3 aromatic rings. The van der Waals surface area contributed by atoms with E-state index in [1.54, 1.807) is 7.11 Å². The molecular formula is C16H16ClNO2. The number of aliphatic hydroxyl groups is 1. The van der Waals surface area contributed by atoms with Crippen LogP contribution in [-0.4, -0.2) is 16.8 Å². The zero-order valence-electron chi connectivity index (χ0n) is 11.5. The van der Waals surface area contributed by atoms with Gasteiger partial charge in [0.05, 0.1) is 19.2 Å². The van der Waals surface area contributed by atoms with Crippen LogP contribution >= 0.6 is 11.6 Å². The monoisotopic (exact) mass is 289 g/mol. The van der Waals surface area contributed by atoms with Crippen molar-refractivity contribution in [2.75, 3.05) is 7.11 Å². The van der Waals surface area contributed by atoms with Crippen LogP contribution in [0.3, 0.4) is 0 Å². The first kappa shape index (κ1) is 13.3. The first-order valence-electron chi connectivity index (χ1n) is 6.59. The predicted molar refractivity (Wildman–Crippen MR) is 82.6 cm³/mol. The Bertz CT molecular complexity index is 792. The van der Waals surface area contributed by atoms with Crippen molar-refractivity contribution < 1.29 is 9.84 Å². The summed E-state index contributed by atoms with van der Waals surface area (Å²) in [6.07, 6.45) is 0. The molecule has 104 valence electrons. The largest absolute Gasteiger partial charge is 0.496 e. The lowest BCUT2D eigenvalue weighted by Crippen LogP contribution is -1.95. The molecule has 0 saturated heterocycles. The summed E-state index contributed by atoms with van der Waals surface area (Å²) >= 11 is 6.14. The topological polar surface area (TPSA) is 34.4 Å². The molecule has 3 rings (SSSR count). The average molecular weight is 290 g/mol. The molecule has 0 aliphatic carbocycles. The Kier molecular flexibility index (Phi) is 3.32. The van der Waals surface area contributed by atoms with Gasteiger partial charge in [-0.2, -0.15) is 0 Å². The second-order valence-corrected chi connectivity index (χ2v) is 5.15. The summed E-state index contributed by atoms with van der Waals surface area (Å²) < 4.78 is 7.77. The van der Waals surface area contributed by atoms with Crippen molar-refractivity contribution in [3.8, 4) is 5.75 Å². The Morgan fingerprint density at radius 3 is 2.60 bits per heavy atom. The van der Waals surface area contributed by atoms with Crippen molar-refractivity contribution >= 4 is 33.4 Å². The maximum Gasteiger partial charge on any atom is 0.134 e. The molecule has 0 atom stereocenters. The van der Waals surface area contributed by atoms with E-state index in [1.807, 2.05) is 30.3 Å². The molecular weight excluding hydrogens is 274 g/mol. The third kappa shape index (κ3) is 1.78. The van der Waals surface area contributed by atoms with Crippen LogP contribution in [0.15, 0.2) is 30.3 Å². The van der Waals surface area contributed by atoms with Gasteiger partial charge >= 0.3 is 0 Å². The van der Waals surface area contributed by atoms with Crippen LogP contribution in [0.2, 0.25) is 5.02 Å². The van der Waals surface area contributed by atoms with Gasteiger partial charge in [0.1, 0.15) is 5.75 Å². The van der Waals surface area contributed by atoms with Crippen LogP contribution in [0.4, 0.5) is 0 Å². The molecule has 0 unspecified atom stereocenters. The summed E-state index contributed by atoms with van der Waals surface area (Å²) in [5.41, 5.74) is 3.01. The summed E-state index contributed by atoms with van der Waals surface area (Å²) in [5.74, 6) is 0.726. The lowest BCUT2D eigenvalue weighted by molar-refractivity contribution is 0.274. The molecule has 3 nitrogen and oxygen atoms in total. The Morgan fingerprint density at radius 2 is 1.95 bits per heavy atom. The number of aromatic nitrogens is 1. The number of fused-ring (bicyclic) bond motifs is 3. The fourth-order valence-corrected chi connectivity index (χ4v) is 3.04. The van der Waals surface area contributed by atoms with Gasteiger partial charge in [-0.15, -0.1) is 0 Å². The van der Waals surface area contributed by atoms with Crippen molar-refractivity contribution in [3.63, 3.8) is 0 Å². The van der Waals surface area contributed by atoms with Gasteiger partial charge in [-0.1, -0.05) is 17.7 Å². The Hall–Kier alpha value is -1.71. The maximum absolute atomic E-state index is 9.49. The van der Waals surface area contributed by atoms with Gasteiger partial charge in [-0.3, -0.25) is 0 Å². The van der Waals surface area contributed by atoms with Crippen LogP contribution in [-0.2, 0) is 13.2 Å². The minimum absolute atomic E-state index is 0.0432. The number of hydrogen-bond acceptors (Lipinski definition) is 2. The first-order valence-corrected chi connectivity index (χ1v) is 6.97. The fourth-order valence-electron chi connectivity index (χ4n) is 2.87. The quantitative estimate of drug-likeness (QED) is 0.792. The molecule has 20 heavy (non-hydrogen) atoms. The molecule has 2 aromatic carbocycles. The normalized spacial score (nSPS) is 11.4. The minimum atomic E-state index is -0.0432. The average Bonchev–Trinajstić information content (AvgIpc) is 2.79. The second-order valence-electron chi connectivity index (χ2n) is 4.72. The molecule has 0 bridgehead atoms. The fraction of sp³-hybridized carbons (Fsp3) is 0.250. The predicted octanol–water partition coefficient (Wildman–Crippen LogP) is 3.97. The highest BCUT2D eigenvalue weighted by atomic mass is 35.5. The summed E-state index contributed by atoms with van der Waals surface area (Å²) in [7, 11) is 1.63. The molecule has 0 aliphatic heterocycles. The number of methoxy groups -OCH3 is 1. The third-order valence-electron chi connectivity index (χ3n) is 3.72. The van der Waals surface area contributed by atoms with Crippen LogP contribution in [0.25, 0.3) is 21.8 Å². The first-order chi connectivity index (χ1) is 9.71. The lowest BCUT2D eigenvalue weighted by Gasteiger charge is -2.09. The Labute approximate surface area is 122 Å². The van der Waals surface area contributed by atoms with E-state index in [2.05, 4.69) is 11.5 Å². The zero-order valence-corrected chi connectivity index (χ0v) is 12.2. The Morgan fingerprint density at radius 1 is 1.20 bits per heavy atom. The molecule has 0 aliphatic rings. The highest BCUT2D eigenvalue weighted by Gasteiger charge is 2.16. The zero-order chi connectivity index (χ0) is 14.3. The van der Waals surface area contributed by atoms with E-state index < -0.39 is 0 Å². The third-order valence-corrected chi connectivity index (χ3v) is 3.95. The molecule has 1 heterocycles. The number of aliphatic hydroxyl groups excluding tert-OH is 1. The summed E-state index contributed by atoms with van der Waals surface area (Å²) in [4.78, 5) is 0. The van der Waals surface area contributed by atoms with E-state index in [0.717, 1.165) is 39.7 Å². The van der Waals surface area contributed by atoms with Gasteiger partial charge in [0.2, 0.25) is 0 Å². The minimum Gasteiger partial charge on any atom is -0.496 e. The Balaban J connectivity index is 2.56. The van der Waals surface area contributed by atoms with Gasteiger partial charge in [-0.25, -0.2) is 0 Å². The summed E-state index contributed by atoms with van der Waals surface area (Å²) in [6, 6.07) is 9.82. The molecule has 1 N–H and O–H groups in total. The van der Waals surface area contributed by atoms with Crippen LogP contribution in [0.5, 0.6) is 5.75 Å². The van der Waals surface area contributed by atoms with Crippen molar-refractivity contribution in [2.24, 2.45) is 0 Å². The van der Waals surface area contributed by atoms with Gasteiger partial charge < -0.3 is 14.4 Å². The molecule has 0 amide bonds. The van der Waals surface area contributed by atoms with Crippen molar-refractivity contribution in [2.45, 2.75) is 20.1 Å². The van der Waals surface area contributed by atoms with Gasteiger partial charge in [0.15, 0.2) is 0 Å². The second kappa shape index (κ2) is 5.00. The number of rotatable bonds is 3. The number of nitrogens with zero attached hydrogens (tertiary/aromatic N) is 1. The van der Waals surface area contributed by atoms with E-state index in [-0.39, 0.29) is 6.61 Å². The van der Waals surface area contributed by atoms with Crippen molar-refractivity contribution in [1.82, 2.24) is 4.57 Å². The smallest absolute Gasteiger partial charge is 0.134 e. The number of halogens is 1. The molecule has 0 fully saturated rings. The van der Waals surface area contributed by atoms with Crippen LogP contribution in [0, 0.1) is 0 Å². The van der Waals surface area contributed by atoms with Gasteiger partial charge in [-0.05, 0) is 31.2 Å². The maximum atomic E-state index is 9.49. The van der Waals surface area contributed by atoms with Crippen LogP contribution < -0.4 is 4.74 Å². The van der Waals surface area contributed by atoms with E-state index >= 15 is 0 Å².